The minimum absolute atomic E-state index is 0.130. The number of amides is 3. The van der Waals surface area contributed by atoms with Gasteiger partial charge in [0.05, 0.1) is 23.6 Å². The van der Waals surface area contributed by atoms with Crippen LogP contribution in [-0.4, -0.2) is 35.5 Å². The van der Waals surface area contributed by atoms with E-state index in [1.165, 1.54) is 4.90 Å². The third-order valence-corrected chi connectivity index (χ3v) is 7.38. The lowest BCUT2D eigenvalue weighted by atomic mass is 9.84. The molecule has 0 bridgehead atoms. The van der Waals surface area contributed by atoms with Crippen LogP contribution in [0.25, 0.3) is 6.08 Å². The fourth-order valence-electron chi connectivity index (χ4n) is 5.88. The number of carbonyl (C=O) groups excluding carboxylic acids is 3. The Bertz CT molecular complexity index is 1450. The molecule has 4 aliphatic rings. The number of nitrogens with zero attached hydrogens (tertiary/aromatic N) is 2. The first-order valence-corrected chi connectivity index (χ1v) is 11.8. The number of benzene rings is 3. The van der Waals surface area contributed by atoms with Crippen LogP contribution < -0.4 is 19.7 Å². The lowest BCUT2D eigenvalue weighted by molar-refractivity contribution is -0.128. The van der Waals surface area contributed by atoms with Crippen molar-refractivity contribution in [3.63, 3.8) is 0 Å². The third kappa shape index (κ3) is 2.90. The minimum atomic E-state index is -0.861. The molecule has 0 spiro atoms. The molecule has 2 saturated heterocycles. The van der Waals surface area contributed by atoms with E-state index in [0.717, 1.165) is 11.1 Å². The van der Waals surface area contributed by atoms with Crippen LogP contribution in [0.1, 0.15) is 17.2 Å². The second-order valence-electron chi connectivity index (χ2n) is 9.24. The Balaban J connectivity index is 1.30. The number of carbonyl (C=O) groups is 3. The molecular weight excluding hydrogens is 458 g/mol. The lowest BCUT2D eigenvalue weighted by Gasteiger charge is -2.35. The largest absolute Gasteiger partial charge is 0.454 e. The molecule has 0 aliphatic carbocycles. The first kappa shape index (κ1) is 20.8. The first-order valence-electron chi connectivity index (χ1n) is 11.8. The second kappa shape index (κ2) is 7.71. The molecular formula is C28H21N3O5. The number of fused-ring (bicyclic) bond motifs is 6. The molecule has 0 unspecified atom stereocenters. The van der Waals surface area contributed by atoms with Crippen molar-refractivity contribution in [3.05, 3.63) is 90.1 Å². The van der Waals surface area contributed by atoms with Crippen LogP contribution in [0.3, 0.4) is 0 Å². The van der Waals surface area contributed by atoms with Crippen LogP contribution in [0, 0.1) is 11.8 Å². The number of nitrogens with one attached hydrogen (secondary N) is 1. The molecule has 4 aliphatic heterocycles. The van der Waals surface area contributed by atoms with E-state index < -0.39 is 23.9 Å². The van der Waals surface area contributed by atoms with Crippen LogP contribution in [0.15, 0.2) is 79.0 Å². The van der Waals surface area contributed by atoms with E-state index in [9.17, 15) is 14.4 Å². The summed E-state index contributed by atoms with van der Waals surface area (Å²) in [5.74, 6) is -1.35. The highest BCUT2D eigenvalue weighted by molar-refractivity contribution is 6.24. The molecule has 0 radical (unpaired) electrons. The number of anilines is 2. The smallest absolute Gasteiger partial charge is 0.247 e. The van der Waals surface area contributed by atoms with Crippen molar-refractivity contribution in [1.29, 1.82) is 0 Å². The Kier molecular flexibility index (Phi) is 4.44. The van der Waals surface area contributed by atoms with Crippen LogP contribution in [-0.2, 0) is 14.4 Å². The van der Waals surface area contributed by atoms with Crippen molar-refractivity contribution < 1.29 is 23.9 Å². The normalized spacial score (nSPS) is 25.0. The van der Waals surface area contributed by atoms with E-state index in [0.29, 0.717) is 22.9 Å². The third-order valence-electron chi connectivity index (χ3n) is 7.38. The fourth-order valence-corrected chi connectivity index (χ4v) is 5.88. The van der Waals surface area contributed by atoms with Crippen LogP contribution in [0.2, 0.25) is 0 Å². The number of hydrogen-bond donors (Lipinski definition) is 1. The van der Waals surface area contributed by atoms with Crippen LogP contribution in [0.5, 0.6) is 11.5 Å². The van der Waals surface area contributed by atoms with Gasteiger partial charge in [-0.2, -0.15) is 0 Å². The summed E-state index contributed by atoms with van der Waals surface area (Å²) in [4.78, 5) is 44.5. The summed E-state index contributed by atoms with van der Waals surface area (Å²) in [6.07, 6.45) is 3.76. The Morgan fingerprint density at radius 3 is 2.47 bits per heavy atom. The maximum absolute atomic E-state index is 13.8. The predicted molar refractivity (Wildman–Crippen MR) is 131 cm³/mol. The van der Waals surface area contributed by atoms with E-state index in [-0.39, 0.29) is 24.5 Å². The Labute approximate surface area is 206 Å². The van der Waals surface area contributed by atoms with Gasteiger partial charge >= 0.3 is 0 Å². The van der Waals surface area contributed by atoms with Crippen molar-refractivity contribution in [3.8, 4) is 11.5 Å². The van der Waals surface area contributed by atoms with Gasteiger partial charge in [0.25, 0.3) is 0 Å². The molecule has 8 nitrogen and oxygen atoms in total. The maximum atomic E-state index is 13.8. The van der Waals surface area contributed by atoms with Gasteiger partial charge in [0.1, 0.15) is 6.04 Å². The van der Waals surface area contributed by atoms with Crippen LogP contribution in [0.4, 0.5) is 11.4 Å². The monoisotopic (exact) mass is 479 g/mol. The summed E-state index contributed by atoms with van der Waals surface area (Å²) in [5, 5.41) is 2.94. The van der Waals surface area contributed by atoms with Crippen molar-refractivity contribution >= 4 is 35.2 Å². The van der Waals surface area contributed by atoms with Gasteiger partial charge in [0.15, 0.2) is 11.5 Å². The molecule has 4 atom stereocenters. The standard InChI is InChI=1S/C28H21N3O5/c32-26(29-17-10-11-20-21(14-17)36-15-35-20)25-23-22(24-19-9-5-4-6-16(19)12-13-30(24)25)27(33)31(28(23)34)18-7-2-1-3-8-18/h1-14,22-25H,15H2,(H,29,32)/t22-,23+,24+,25-/m0/s1. The van der Waals surface area contributed by atoms with E-state index in [2.05, 4.69) is 5.32 Å². The topological polar surface area (TPSA) is 88.2 Å². The van der Waals surface area contributed by atoms with E-state index >= 15 is 0 Å². The van der Waals surface area contributed by atoms with E-state index in [1.54, 1.807) is 42.5 Å². The van der Waals surface area contributed by atoms with Gasteiger partial charge in [-0.3, -0.25) is 14.4 Å². The lowest BCUT2D eigenvalue weighted by Crippen LogP contribution is -2.46. The summed E-state index contributed by atoms with van der Waals surface area (Å²) < 4.78 is 10.8. The quantitative estimate of drug-likeness (QED) is 0.578. The minimum Gasteiger partial charge on any atom is -0.454 e. The number of hydrogen-bond acceptors (Lipinski definition) is 6. The Morgan fingerprint density at radius 2 is 1.61 bits per heavy atom. The Hall–Kier alpha value is -4.59. The summed E-state index contributed by atoms with van der Waals surface area (Å²) in [7, 11) is 0. The number of para-hydroxylation sites is 1. The second-order valence-corrected chi connectivity index (χ2v) is 9.24. The number of ether oxygens (including phenoxy) is 2. The highest BCUT2D eigenvalue weighted by Gasteiger charge is 2.64. The zero-order chi connectivity index (χ0) is 24.4. The molecule has 2 fully saturated rings. The summed E-state index contributed by atoms with van der Waals surface area (Å²) >= 11 is 0. The molecule has 4 heterocycles. The van der Waals surface area contributed by atoms with Gasteiger partial charge in [-0.1, -0.05) is 42.5 Å². The molecule has 36 heavy (non-hydrogen) atoms. The van der Waals surface area contributed by atoms with Crippen molar-refractivity contribution in [1.82, 2.24) is 4.90 Å². The first-order chi connectivity index (χ1) is 17.6. The van der Waals surface area contributed by atoms with Crippen LogP contribution >= 0.6 is 0 Å². The van der Waals surface area contributed by atoms with Gasteiger partial charge in [-0.05, 0) is 41.5 Å². The molecule has 0 saturated carbocycles. The van der Waals surface area contributed by atoms with Gasteiger partial charge in [-0.25, -0.2) is 4.90 Å². The average molecular weight is 479 g/mol. The average Bonchev–Trinajstić information content (AvgIpc) is 3.57. The van der Waals surface area contributed by atoms with E-state index in [1.807, 2.05) is 47.5 Å². The SMILES string of the molecule is O=C(Nc1ccc2c(c1)OCO2)[C@@H]1[C@@H]2C(=O)N(c3ccccc3)C(=O)[C@@H]2[C@H]2c3ccccc3C=CN12. The Morgan fingerprint density at radius 1 is 0.861 bits per heavy atom. The molecule has 3 aromatic rings. The maximum Gasteiger partial charge on any atom is 0.247 e. The molecule has 1 N–H and O–H groups in total. The molecule has 3 aromatic carbocycles. The molecule has 8 heteroatoms. The van der Waals surface area contributed by atoms with Crippen molar-refractivity contribution in [2.75, 3.05) is 17.0 Å². The highest BCUT2D eigenvalue weighted by Crippen LogP contribution is 2.53. The highest BCUT2D eigenvalue weighted by atomic mass is 16.7. The zero-order valence-electron chi connectivity index (χ0n) is 19.0. The molecule has 0 aromatic heterocycles. The molecule has 7 rings (SSSR count). The van der Waals surface area contributed by atoms with Gasteiger partial charge in [0, 0.05) is 18.0 Å². The summed E-state index contributed by atoms with van der Waals surface area (Å²) in [5.41, 5.74) is 2.96. The van der Waals surface area contributed by atoms with Crippen molar-refractivity contribution in [2.45, 2.75) is 12.1 Å². The summed E-state index contributed by atoms with van der Waals surface area (Å²) in [6, 6.07) is 20.6. The van der Waals surface area contributed by atoms with E-state index in [4.69, 9.17) is 9.47 Å². The van der Waals surface area contributed by atoms with Gasteiger partial charge < -0.3 is 19.7 Å². The molecule has 178 valence electrons. The zero-order valence-corrected chi connectivity index (χ0v) is 19.0. The number of imide groups is 1. The number of rotatable bonds is 3. The summed E-state index contributed by atoms with van der Waals surface area (Å²) in [6.45, 7) is 0.130. The van der Waals surface area contributed by atoms with Gasteiger partial charge in [-0.15, -0.1) is 0 Å². The predicted octanol–water partition coefficient (Wildman–Crippen LogP) is 3.57. The van der Waals surface area contributed by atoms with Crippen molar-refractivity contribution in [2.24, 2.45) is 11.8 Å². The van der Waals surface area contributed by atoms with Gasteiger partial charge in [0.2, 0.25) is 24.5 Å². The molecule has 3 amide bonds. The fraction of sp³-hybridized carbons (Fsp3) is 0.179.